The Morgan fingerprint density at radius 1 is 1.00 bits per heavy atom. The van der Waals surface area contributed by atoms with Gasteiger partial charge in [-0.1, -0.05) is 24.3 Å². The van der Waals surface area contributed by atoms with Crippen LogP contribution in [0, 0.1) is 0 Å². The topological polar surface area (TPSA) is 110 Å². The van der Waals surface area contributed by atoms with E-state index in [4.69, 9.17) is 4.74 Å². The third kappa shape index (κ3) is 4.06. The van der Waals surface area contributed by atoms with Crippen LogP contribution in [0.2, 0.25) is 0 Å². The Morgan fingerprint density at radius 2 is 1.62 bits per heavy atom. The minimum atomic E-state index is -1.18. The SMILES string of the molecule is CC(=O)c1cccc(NC(=O)COC(=O)[C@@H](C)N2C(=O)c3ccccc3C2=O)c1. The Hall–Kier alpha value is -3.81. The summed E-state index contributed by atoms with van der Waals surface area (Å²) in [4.78, 5) is 61.3. The van der Waals surface area contributed by atoms with Crippen molar-refractivity contribution in [3.05, 3.63) is 65.2 Å². The molecule has 0 saturated carbocycles. The molecular formula is C21H18N2O6. The molecule has 0 aliphatic carbocycles. The first-order valence-electron chi connectivity index (χ1n) is 8.84. The van der Waals surface area contributed by atoms with Gasteiger partial charge >= 0.3 is 5.97 Å². The average Bonchev–Trinajstić information content (AvgIpc) is 2.96. The smallest absolute Gasteiger partial charge is 0.329 e. The fourth-order valence-corrected chi connectivity index (χ4v) is 2.94. The van der Waals surface area contributed by atoms with E-state index >= 15 is 0 Å². The molecular weight excluding hydrogens is 376 g/mol. The highest BCUT2D eigenvalue weighted by Crippen LogP contribution is 2.24. The number of esters is 1. The lowest BCUT2D eigenvalue weighted by Crippen LogP contribution is -2.44. The Kier molecular flexibility index (Phi) is 5.54. The molecule has 8 nitrogen and oxygen atoms in total. The summed E-state index contributed by atoms with van der Waals surface area (Å²) < 4.78 is 4.96. The van der Waals surface area contributed by atoms with Gasteiger partial charge in [-0.15, -0.1) is 0 Å². The Morgan fingerprint density at radius 3 is 2.21 bits per heavy atom. The largest absolute Gasteiger partial charge is 0.454 e. The van der Waals surface area contributed by atoms with Crippen LogP contribution in [0.1, 0.15) is 44.9 Å². The molecule has 1 aliphatic heterocycles. The van der Waals surface area contributed by atoms with E-state index in [9.17, 15) is 24.0 Å². The van der Waals surface area contributed by atoms with Crippen LogP contribution in [-0.2, 0) is 14.3 Å². The summed E-state index contributed by atoms with van der Waals surface area (Å²) >= 11 is 0. The van der Waals surface area contributed by atoms with Crippen molar-refractivity contribution in [2.75, 3.05) is 11.9 Å². The zero-order valence-electron chi connectivity index (χ0n) is 15.8. The molecule has 0 fully saturated rings. The molecule has 0 bridgehead atoms. The number of carbonyl (C=O) groups excluding carboxylic acids is 5. The highest BCUT2D eigenvalue weighted by Gasteiger charge is 2.41. The van der Waals surface area contributed by atoms with Crippen LogP contribution in [0.4, 0.5) is 5.69 Å². The van der Waals surface area contributed by atoms with E-state index in [1.54, 1.807) is 30.3 Å². The van der Waals surface area contributed by atoms with Crippen LogP contribution in [0.5, 0.6) is 0 Å². The second-order valence-corrected chi connectivity index (χ2v) is 6.49. The van der Waals surface area contributed by atoms with Gasteiger partial charge in [0.05, 0.1) is 11.1 Å². The van der Waals surface area contributed by atoms with Crippen molar-refractivity contribution >= 4 is 35.2 Å². The maximum Gasteiger partial charge on any atom is 0.329 e. The number of nitrogens with one attached hydrogen (secondary N) is 1. The Labute approximate surface area is 166 Å². The van der Waals surface area contributed by atoms with Gasteiger partial charge in [-0.25, -0.2) is 4.79 Å². The number of fused-ring (bicyclic) bond motifs is 1. The second-order valence-electron chi connectivity index (χ2n) is 6.49. The van der Waals surface area contributed by atoms with E-state index in [-0.39, 0.29) is 16.9 Å². The van der Waals surface area contributed by atoms with E-state index in [0.717, 1.165) is 4.90 Å². The van der Waals surface area contributed by atoms with Gasteiger partial charge in [0.15, 0.2) is 12.4 Å². The number of hydrogen-bond acceptors (Lipinski definition) is 6. The fourth-order valence-electron chi connectivity index (χ4n) is 2.94. The highest BCUT2D eigenvalue weighted by atomic mass is 16.5. The normalized spacial score (nSPS) is 13.7. The lowest BCUT2D eigenvalue weighted by Gasteiger charge is -2.20. The number of benzene rings is 2. The summed E-state index contributed by atoms with van der Waals surface area (Å²) in [6.07, 6.45) is 0. The number of nitrogens with zero attached hydrogens (tertiary/aromatic N) is 1. The van der Waals surface area contributed by atoms with E-state index in [1.807, 2.05) is 0 Å². The van der Waals surface area contributed by atoms with Crippen molar-refractivity contribution in [1.82, 2.24) is 4.90 Å². The third-order valence-electron chi connectivity index (χ3n) is 4.45. The summed E-state index contributed by atoms with van der Waals surface area (Å²) in [6, 6.07) is 11.4. The predicted octanol–water partition coefficient (Wildman–Crippen LogP) is 2.06. The maximum absolute atomic E-state index is 12.4. The van der Waals surface area contributed by atoms with Crippen molar-refractivity contribution in [1.29, 1.82) is 0 Å². The summed E-state index contributed by atoms with van der Waals surface area (Å²) in [6.45, 7) is 2.16. The zero-order valence-corrected chi connectivity index (χ0v) is 15.8. The number of ether oxygens (including phenoxy) is 1. The quantitative estimate of drug-likeness (QED) is 0.456. The van der Waals surface area contributed by atoms with Crippen molar-refractivity contribution in [2.24, 2.45) is 0 Å². The molecule has 0 radical (unpaired) electrons. The second kappa shape index (κ2) is 8.05. The summed E-state index contributed by atoms with van der Waals surface area (Å²) in [5.74, 6) is -2.82. The molecule has 1 atom stereocenters. The molecule has 3 rings (SSSR count). The molecule has 2 aromatic carbocycles. The number of rotatable bonds is 6. The van der Waals surface area contributed by atoms with Gasteiger partial charge < -0.3 is 10.1 Å². The number of hydrogen-bond donors (Lipinski definition) is 1. The highest BCUT2D eigenvalue weighted by molar-refractivity contribution is 6.22. The lowest BCUT2D eigenvalue weighted by atomic mass is 10.1. The van der Waals surface area contributed by atoms with Crippen LogP contribution in [0.15, 0.2) is 48.5 Å². The number of Topliss-reactive ketones (excluding diaryl/α,β-unsaturated/α-hetero) is 1. The molecule has 148 valence electrons. The first-order chi connectivity index (χ1) is 13.8. The van der Waals surface area contributed by atoms with Gasteiger partial charge in [-0.2, -0.15) is 0 Å². The average molecular weight is 394 g/mol. The number of ketones is 1. The van der Waals surface area contributed by atoms with Crippen molar-refractivity contribution < 1.29 is 28.7 Å². The fraction of sp³-hybridized carbons (Fsp3) is 0.190. The minimum absolute atomic E-state index is 0.151. The van der Waals surface area contributed by atoms with Gasteiger partial charge in [0.1, 0.15) is 6.04 Å². The van der Waals surface area contributed by atoms with Crippen LogP contribution in [0.25, 0.3) is 0 Å². The first-order valence-corrected chi connectivity index (χ1v) is 8.84. The van der Waals surface area contributed by atoms with E-state index in [2.05, 4.69) is 5.32 Å². The lowest BCUT2D eigenvalue weighted by molar-refractivity contribution is -0.150. The van der Waals surface area contributed by atoms with Gasteiger partial charge in [-0.05, 0) is 38.1 Å². The molecule has 0 aromatic heterocycles. The van der Waals surface area contributed by atoms with Crippen molar-refractivity contribution in [2.45, 2.75) is 19.9 Å². The molecule has 1 heterocycles. The standard InChI is InChI=1S/C21H18N2O6/c1-12(23-19(26)16-8-3-4-9-17(16)20(23)27)21(28)29-11-18(25)22-15-7-5-6-14(10-15)13(2)24/h3-10,12H,11H2,1-2H3,(H,22,25)/t12-/m1/s1. The summed E-state index contributed by atoms with van der Waals surface area (Å²) in [7, 11) is 0. The molecule has 3 amide bonds. The Balaban J connectivity index is 1.59. The summed E-state index contributed by atoms with van der Waals surface area (Å²) in [5, 5.41) is 2.52. The molecule has 0 saturated heterocycles. The first kappa shape index (κ1) is 19.9. The molecule has 8 heteroatoms. The monoisotopic (exact) mass is 394 g/mol. The minimum Gasteiger partial charge on any atom is -0.454 e. The van der Waals surface area contributed by atoms with Gasteiger partial charge in [0.2, 0.25) is 0 Å². The molecule has 1 aliphatic rings. The molecule has 2 aromatic rings. The number of amides is 3. The third-order valence-corrected chi connectivity index (χ3v) is 4.45. The Bertz CT molecular complexity index is 994. The van der Waals surface area contributed by atoms with E-state index in [0.29, 0.717) is 11.3 Å². The van der Waals surface area contributed by atoms with Gasteiger partial charge in [0, 0.05) is 11.3 Å². The van der Waals surface area contributed by atoms with Crippen molar-refractivity contribution in [3.8, 4) is 0 Å². The maximum atomic E-state index is 12.4. The predicted molar refractivity (Wildman–Crippen MR) is 102 cm³/mol. The molecule has 0 unspecified atom stereocenters. The molecule has 1 N–H and O–H groups in total. The van der Waals surface area contributed by atoms with Crippen LogP contribution in [0.3, 0.4) is 0 Å². The van der Waals surface area contributed by atoms with Crippen LogP contribution in [-0.4, -0.2) is 47.0 Å². The zero-order chi connectivity index (χ0) is 21.1. The van der Waals surface area contributed by atoms with Gasteiger partial charge in [-0.3, -0.25) is 24.1 Å². The molecule has 0 spiro atoms. The van der Waals surface area contributed by atoms with Crippen molar-refractivity contribution in [3.63, 3.8) is 0 Å². The van der Waals surface area contributed by atoms with Gasteiger partial charge in [0.25, 0.3) is 17.7 Å². The number of anilines is 1. The summed E-state index contributed by atoms with van der Waals surface area (Å²) in [5.41, 5.74) is 1.26. The van der Waals surface area contributed by atoms with Crippen LogP contribution >= 0.6 is 0 Å². The number of carbonyl (C=O) groups is 5. The van der Waals surface area contributed by atoms with E-state index in [1.165, 1.54) is 32.0 Å². The number of imide groups is 1. The van der Waals surface area contributed by atoms with E-state index < -0.39 is 36.3 Å². The van der Waals surface area contributed by atoms with Crippen LogP contribution < -0.4 is 5.32 Å². The molecule has 29 heavy (non-hydrogen) atoms.